The summed E-state index contributed by atoms with van der Waals surface area (Å²) in [5.41, 5.74) is 3.83. The number of H-pyrrole nitrogens is 1. The van der Waals surface area contributed by atoms with Gasteiger partial charge in [0.2, 0.25) is 5.95 Å². The van der Waals surface area contributed by atoms with E-state index in [1.54, 1.807) is 30.7 Å². The zero-order chi connectivity index (χ0) is 24.1. The Morgan fingerprint density at radius 1 is 1.26 bits per heavy atom. The molecule has 34 heavy (non-hydrogen) atoms. The molecule has 3 N–H and O–H groups in total. The summed E-state index contributed by atoms with van der Waals surface area (Å²) in [7, 11) is 1.50. The molecular formula is C23H25N7O4. The average molecular weight is 463 g/mol. The highest BCUT2D eigenvalue weighted by molar-refractivity contribution is 5.80. The van der Waals surface area contributed by atoms with Crippen LogP contribution in [0.3, 0.4) is 0 Å². The van der Waals surface area contributed by atoms with E-state index in [1.165, 1.54) is 16.2 Å². The lowest BCUT2D eigenvalue weighted by molar-refractivity contribution is 0.0938. The highest BCUT2D eigenvalue weighted by atomic mass is 16.5. The third-order valence-electron chi connectivity index (χ3n) is 5.23. The van der Waals surface area contributed by atoms with Gasteiger partial charge in [0.1, 0.15) is 18.5 Å². The second kappa shape index (κ2) is 10.1. The highest BCUT2D eigenvalue weighted by Crippen LogP contribution is 2.18. The number of aliphatic hydroxyl groups is 1. The number of aliphatic hydroxyl groups excluding tert-OH is 1. The molecule has 11 heteroatoms. The molecule has 0 bridgehead atoms. The summed E-state index contributed by atoms with van der Waals surface area (Å²) in [6.07, 6.45) is 4.74. The van der Waals surface area contributed by atoms with Gasteiger partial charge in [0.25, 0.3) is 5.56 Å². The quantitative estimate of drug-likeness (QED) is 0.251. The Hall–Kier alpha value is -4.25. The summed E-state index contributed by atoms with van der Waals surface area (Å²) < 4.78 is 8.45. The van der Waals surface area contributed by atoms with Gasteiger partial charge in [-0.2, -0.15) is 10.1 Å². The predicted molar refractivity (Wildman–Crippen MR) is 128 cm³/mol. The Labute approximate surface area is 194 Å². The lowest BCUT2D eigenvalue weighted by Gasteiger charge is -2.15. The second-order valence-electron chi connectivity index (χ2n) is 7.65. The zero-order valence-corrected chi connectivity index (χ0v) is 18.8. The number of aryl methyl sites for hydroxylation is 2. The third-order valence-corrected chi connectivity index (χ3v) is 5.23. The van der Waals surface area contributed by atoms with E-state index >= 15 is 0 Å². The van der Waals surface area contributed by atoms with E-state index in [2.05, 4.69) is 32.4 Å². The van der Waals surface area contributed by atoms with Crippen molar-refractivity contribution in [3.8, 4) is 5.75 Å². The van der Waals surface area contributed by atoms with E-state index in [0.717, 1.165) is 17.5 Å². The number of rotatable bonds is 9. The van der Waals surface area contributed by atoms with Crippen molar-refractivity contribution in [2.75, 3.05) is 12.0 Å². The van der Waals surface area contributed by atoms with Crippen LogP contribution < -0.4 is 21.4 Å². The first kappa shape index (κ1) is 22.9. The Balaban J connectivity index is 1.60. The minimum absolute atomic E-state index is 0.00374. The first-order chi connectivity index (χ1) is 16.5. The Kier molecular flexibility index (Phi) is 6.83. The lowest BCUT2D eigenvalue weighted by atomic mass is 10.2. The molecule has 0 amide bonds. The average Bonchev–Trinajstić information content (AvgIpc) is 3.20. The van der Waals surface area contributed by atoms with Gasteiger partial charge in [-0.1, -0.05) is 19.1 Å². The standard InChI is InChI=1S/C23H25N7O4/c1-3-15-5-4-6-18(11-15)34-14-17(31)13-30-19-20(29(2)23(33)27-21(19)32)26-22(30)28-25-12-16-7-9-24-10-8-16/h4-12,17,31H,3,13-14H2,1-2H3,(H,26,28)(H,27,32,33)/t17-/m0/s1. The van der Waals surface area contributed by atoms with Crippen LogP contribution in [0.25, 0.3) is 11.2 Å². The number of hydrogen-bond donors (Lipinski definition) is 3. The zero-order valence-electron chi connectivity index (χ0n) is 18.8. The van der Waals surface area contributed by atoms with E-state index in [1.807, 2.05) is 24.3 Å². The number of nitrogens with one attached hydrogen (secondary N) is 2. The van der Waals surface area contributed by atoms with Crippen molar-refractivity contribution in [3.63, 3.8) is 0 Å². The van der Waals surface area contributed by atoms with Gasteiger partial charge in [0.15, 0.2) is 11.2 Å². The SMILES string of the molecule is CCc1cccc(OC[C@@H](O)Cn2c(NN=Cc3ccncc3)nc3c2c(=O)[nH]c(=O)n3C)c1. The largest absolute Gasteiger partial charge is 0.491 e. The molecule has 0 unspecified atom stereocenters. The molecule has 0 saturated heterocycles. The smallest absolute Gasteiger partial charge is 0.329 e. The summed E-state index contributed by atoms with van der Waals surface area (Å²) in [6, 6.07) is 11.2. The maximum absolute atomic E-state index is 12.6. The summed E-state index contributed by atoms with van der Waals surface area (Å²) in [5.74, 6) is 0.841. The maximum Gasteiger partial charge on any atom is 0.329 e. The molecule has 0 fully saturated rings. The van der Waals surface area contributed by atoms with E-state index in [4.69, 9.17) is 4.74 Å². The maximum atomic E-state index is 12.6. The van der Waals surface area contributed by atoms with Crippen LogP contribution in [-0.2, 0) is 20.0 Å². The van der Waals surface area contributed by atoms with Gasteiger partial charge in [0, 0.05) is 19.4 Å². The molecule has 0 radical (unpaired) electrons. The van der Waals surface area contributed by atoms with Gasteiger partial charge in [-0.3, -0.25) is 19.3 Å². The van der Waals surface area contributed by atoms with E-state index in [9.17, 15) is 14.7 Å². The molecule has 4 rings (SSSR count). The number of hydrogen-bond acceptors (Lipinski definition) is 8. The van der Waals surface area contributed by atoms with Gasteiger partial charge < -0.3 is 14.4 Å². The Morgan fingerprint density at radius 3 is 2.82 bits per heavy atom. The second-order valence-corrected chi connectivity index (χ2v) is 7.65. The molecule has 0 aliphatic heterocycles. The number of benzene rings is 1. The number of pyridine rings is 1. The van der Waals surface area contributed by atoms with Crippen molar-refractivity contribution in [3.05, 3.63) is 80.8 Å². The van der Waals surface area contributed by atoms with Crippen molar-refractivity contribution in [1.29, 1.82) is 0 Å². The van der Waals surface area contributed by atoms with E-state index < -0.39 is 17.4 Å². The van der Waals surface area contributed by atoms with Crippen LogP contribution in [-0.4, -0.2) is 48.1 Å². The molecule has 176 valence electrons. The number of nitrogens with zero attached hydrogens (tertiary/aromatic N) is 5. The number of ether oxygens (including phenoxy) is 1. The minimum atomic E-state index is -0.968. The molecule has 0 aliphatic rings. The molecule has 0 saturated carbocycles. The molecule has 11 nitrogen and oxygen atoms in total. The van der Waals surface area contributed by atoms with Crippen LogP contribution in [0.15, 0.2) is 63.5 Å². The van der Waals surface area contributed by atoms with E-state index in [0.29, 0.717) is 5.75 Å². The molecule has 1 aromatic carbocycles. The number of hydrazone groups is 1. The summed E-state index contributed by atoms with van der Waals surface area (Å²) >= 11 is 0. The third kappa shape index (κ3) is 5.04. The van der Waals surface area contributed by atoms with Crippen molar-refractivity contribution in [2.45, 2.75) is 26.0 Å². The fourth-order valence-electron chi connectivity index (χ4n) is 3.42. The number of fused-ring (bicyclic) bond motifs is 1. The Bertz CT molecular complexity index is 1420. The normalized spacial score (nSPS) is 12.3. The fraction of sp³-hybridized carbons (Fsp3) is 0.261. The molecule has 0 aliphatic carbocycles. The number of aromatic amines is 1. The number of anilines is 1. The van der Waals surface area contributed by atoms with Crippen molar-refractivity contribution in [1.82, 2.24) is 24.1 Å². The Morgan fingerprint density at radius 2 is 2.06 bits per heavy atom. The molecule has 1 atom stereocenters. The van der Waals surface area contributed by atoms with E-state index in [-0.39, 0.29) is 30.3 Å². The van der Waals surface area contributed by atoms with Crippen molar-refractivity contribution in [2.24, 2.45) is 12.1 Å². The lowest BCUT2D eigenvalue weighted by Crippen LogP contribution is -2.30. The van der Waals surface area contributed by atoms with Gasteiger partial charge in [-0.15, -0.1) is 0 Å². The highest BCUT2D eigenvalue weighted by Gasteiger charge is 2.20. The summed E-state index contributed by atoms with van der Waals surface area (Å²) in [5, 5.41) is 14.9. The van der Waals surface area contributed by atoms with Crippen LogP contribution in [0.1, 0.15) is 18.1 Å². The predicted octanol–water partition coefficient (Wildman–Crippen LogP) is 1.27. The fourth-order valence-corrected chi connectivity index (χ4v) is 3.42. The van der Waals surface area contributed by atoms with Gasteiger partial charge in [0.05, 0.1) is 12.8 Å². The summed E-state index contributed by atoms with van der Waals surface area (Å²) in [6.45, 7) is 2.03. The number of imidazole rings is 1. The van der Waals surface area contributed by atoms with Gasteiger partial charge in [-0.05, 0) is 41.8 Å². The molecule has 3 aromatic heterocycles. The first-order valence-corrected chi connectivity index (χ1v) is 10.7. The molecule has 3 heterocycles. The summed E-state index contributed by atoms with van der Waals surface area (Å²) in [4.78, 5) is 35.2. The van der Waals surface area contributed by atoms with Crippen LogP contribution >= 0.6 is 0 Å². The van der Waals surface area contributed by atoms with Crippen LogP contribution in [0.2, 0.25) is 0 Å². The first-order valence-electron chi connectivity index (χ1n) is 10.7. The molecular weight excluding hydrogens is 438 g/mol. The topological polar surface area (TPSA) is 139 Å². The van der Waals surface area contributed by atoms with Gasteiger partial charge in [-0.25, -0.2) is 10.2 Å². The molecule has 4 aromatic rings. The van der Waals surface area contributed by atoms with Crippen LogP contribution in [0, 0.1) is 0 Å². The molecule has 0 spiro atoms. The van der Waals surface area contributed by atoms with Gasteiger partial charge >= 0.3 is 5.69 Å². The van der Waals surface area contributed by atoms with Crippen LogP contribution in [0.5, 0.6) is 5.75 Å². The minimum Gasteiger partial charge on any atom is -0.491 e. The van der Waals surface area contributed by atoms with Crippen molar-refractivity contribution < 1.29 is 9.84 Å². The number of aromatic nitrogens is 5. The monoisotopic (exact) mass is 463 g/mol. The van der Waals surface area contributed by atoms with Crippen LogP contribution in [0.4, 0.5) is 5.95 Å². The van der Waals surface area contributed by atoms with Crippen molar-refractivity contribution >= 4 is 23.3 Å².